The first kappa shape index (κ1) is 17.0. The van der Waals surface area contributed by atoms with Crippen LogP contribution in [-0.4, -0.2) is 32.1 Å². The van der Waals surface area contributed by atoms with Crippen LogP contribution in [-0.2, 0) is 11.8 Å². The first-order valence-electron chi connectivity index (χ1n) is 7.89. The van der Waals surface area contributed by atoms with Crippen molar-refractivity contribution in [3.05, 3.63) is 64.3 Å². The van der Waals surface area contributed by atoms with E-state index in [2.05, 4.69) is 15.2 Å². The van der Waals surface area contributed by atoms with Crippen LogP contribution in [0.25, 0.3) is 22.0 Å². The van der Waals surface area contributed by atoms with Crippen LogP contribution in [0.3, 0.4) is 0 Å². The molecule has 132 valence electrons. The van der Waals surface area contributed by atoms with Gasteiger partial charge >= 0.3 is 0 Å². The molecule has 0 radical (unpaired) electrons. The first-order valence-corrected chi connectivity index (χ1v) is 8.65. The Kier molecular flexibility index (Phi) is 4.40. The van der Waals surface area contributed by atoms with E-state index >= 15 is 0 Å². The fourth-order valence-corrected chi connectivity index (χ4v) is 3.68. The highest BCUT2D eigenvalue weighted by atomic mass is 35.5. The van der Waals surface area contributed by atoms with E-state index in [1.165, 1.54) is 6.33 Å². The van der Waals surface area contributed by atoms with Crippen LogP contribution in [0.1, 0.15) is 17.6 Å². The van der Waals surface area contributed by atoms with Crippen LogP contribution in [0.5, 0.6) is 0 Å². The van der Waals surface area contributed by atoms with Crippen molar-refractivity contribution < 1.29 is 4.74 Å². The summed E-state index contributed by atoms with van der Waals surface area (Å²) in [6, 6.07) is 11.4. The second-order valence-electron chi connectivity index (χ2n) is 5.82. The van der Waals surface area contributed by atoms with Crippen LogP contribution in [0.4, 0.5) is 0 Å². The maximum atomic E-state index is 6.42. The minimum absolute atomic E-state index is 0.413. The second-order valence-corrected chi connectivity index (χ2v) is 6.66. The molecule has 4 aromatic rings. The van der Waals surface area contributed by atoms with Crippen molar-refractivity contribution in [2.45, 2.75) is 6.10 Å². The molecule has 2 aromatic carbocycles. The largest absolute Gasteiger partial charge is 0.367 e. The monoisotopic (exact) mass is 387 g/mol. The van der Waals surface area contributed by atoms with Crippen molar-refractivity contribution in [3.8, 4) is 11.1 Å². The molecule has 0 spiro atoms. The number of aryl methyl sites for hydroxylation is 1. The second kappa shape index (κ2) is 6.72. The average molecular weight is 388 g/mol. The Labute approximate surface area is 159 Å². The molecule has 4 rings (SSSR count). The zero-order valence-electron chi connectivity index (χ0n) is 14.1. The van der Waals surface area contributed by atoms with Crippen molar-refractivity contribution >= 4 is 34.1 Å². The lowest BCUT2D eigenvalue weighted by Gasteiger charge is -2.13. The molecule has 1 unspecified atom stereocenters. The molecule has 0 aliphatic heterocycles. The highest BCUT2D eigenvalue weighted by Gasteiger charge is 2.25. The molecule has 2 heterocycles. The lowest BCUT2D eigenvalue weighted by Crippen LogP contribution is -2.11. The number of benzene rings is 2. The predicted octanol–water partition coefficient (Wildman–Crippen LogP) is 4.40. The third-order valence-corrected chi connectivity index (χ3v) is 4.85. The van der Waals surface area contributed by atoms with E-state index in [0.717, 1.165) is 27.7 Å². The van der Waals surface area contributed by atoms with Crippen molar-refractivity contribution in [1.82, 2.24) is 25.0 Å². The summed E-state index contributed by atoms with van der Waals surface area (Å²) in [7, 11) is 3.51. The Morgan fingerprint density at radius 2 is 2.00 bits per heavy atom. The van der Waals surface area contributed by atoms with Crippen molar-refractivity contribution in [1.29, 1.82) is 0 Å². The summed E-state index contributed by atoms with van der Waals surface area (Å²) in [5, 5.41) is 13.6. The van der Waals surface area contributed by atoms with Crippen LogP contribution in [0.2, 0.25) is 10.0 Å². The van der Waals surface area contributed by atoms with Gasteiger partial charge in [0.1, 0.15) is 11.8 Å². The zero-order valence-corrected chi connectivity index (χ0v) is 15.6. The molecule has 0 saturated carbocycles. The topological polar surface area (TPSA) is 68.6 Å². The molecule has 0 aliphatic rings. The molecule has 6 nitrogen and oxygen atoms in total. The number of hydrogen-bond donors (Lipinski definition) is 1. The highest BCUT2D eigenvalue weighted by Crippen LogP contribution is 2.37. The van der Waals surface area contributed by atoms with Crippen LogP contribution >= 0.6 is 23.2 Å². The molecule has 0 amide bonds. The number of halogens is 2. The summed E-state index contributed by atoms with van der Waals surface area (Å²) in [5.74, 6) is 0.618. The fraction of sp³-hybridized carbons (Fsp3) is 0.167. The molecule has 8 heteroatoms. The number of rotatable bonds is 4. The zero-order chi connectivity index (χ0) is 18.3. The number of aromatic nitrogens is 5. The van der Waals surface area contributed by atoms with Gasteiger partial charge in [-0.25, -0.2) is 4.98 Å². The molecule has 26 heavy (non-hydrogen) atoms. The number of methoxy groups -OCH3 is 1. The van der Waals surface area contributed by atoms with Gasteiger partial charge < -0.3 is 4.74 Å². The number of H-pyrrole nitrogens is 1. The summed E-state index contributed by atoms with van der Waals surface area (Å²) < 4.78 is 7.48. The number of ether oxygens (including phenoxy) is 1. The number of aromatic amines is 1. The molecule has 1 N–H and O–H groups in total. The Morgan fingerprint density at radius 1 is 1.15 bits per heavy atom. The number of nitrogens with zero attached hydrogens (tertiary/aromatic N) is 4. The number of fused-ring (bicyclic) bond motifs is 1. The van der Waals surface area contributed by atoms with E-state index in [1.54, 1.807) is 17.9 Å². The number of hydrogen-bond acceptors (Lipinski definition) is 4. The van der Waals surface area contributed by atoms with Gasteiger partial charge in [0, 0.05) is 40.7 Å². The quantitative estimate of drug-likeness (QED) is 0.563. The summed E-state index contributed by atoms with van der Waals surface area (Å²) in [4.78, 5) is 4.23. The van der Waals surface area contributed by atoms with Gasteiger partial charge in [0.2, 0.25) is 0 Å². The van der Waals surface area contributed by atoms with E-state index < -0.39 is 6.10 Å². The van der Waals surface area contributed by atoms with E-state index in [1.807, 2.05) is 37.4 Å². The molecule has 1 atom stereocenters. The average Bonchev–Trinajstić information content (AvgIpc) is 3.25. The minimum atomic E-state index is -0.413. The molecule has 0 bridgehead atoms. The van der Waals surface area contributed by atoms with E-state index in [0.29, 0.717) is 15.9 Å². The van der Waals surface area contributed by atoms with E-state index in [4.69, 9.17) is 33.0 Å². The SMILES string of the molecule is COC(c1ncn[nH]1)c1c2cccc(-c3ccc(Cl)cc3Cl)c2nn1C. The third kappa shape index (κ3) is 2.76. The van der Waals surface area contributed by atoms with Gasteiger partial charge in [-0.1, -0.05) is 47.5 Å². The van der Waals surface area contributed by atoms with E-state index in [9.17, 15) is 0 Å². The molecule has 0 fully saturated rings. The van der Waals surface area contributed by atoms with E-state index in [-0.39, 0.29) is 0 Å². The van der Waals surface area contributed by atoms with Gasteiger partial charge in [0.15, 0.2) is 11.9 Å². The molecular formula is C18H15Cl2N5O. The maximum absolute atomic E-state index is 6.42. The molecule has 2 aromatic heterocycles. The molecular weight excluding hydrogens is 373 g/mol. The van der Waals surface area contributed by atoms with Gasteiger partial charge in [-0.05, 0) is 12.1 Å². The molecule has 0 aliphatic carbocycles. The van der Waals surface area contributed by atoms with Crippen molar-refractivity contribution in [3.63, 3.8) is 0 Å². The van der Waals surface area contributed by atoms with Crippen molar-refractivity contribution in [2.75, 3.05) is 7.11 Å². The van der Waals surface area contributed by atoms with Gasteiger partial charge in [-0.15, -0.1) is 0 Å². The van der Waals surface area contributed by atoms with Gasteiger partial charge in [-0.3, -0.25) is 9.78 Å². The summed E-state index contributed by atoms with van der Waals surface area (Å²) in [5.41, 5.74) is 3.51. The Balaban J connectivity index is 1.94. The van der Waals surface area contributed by atoms with Crippen molar-refractivity contribution in [2.24, 2.45) is 7.05 Å². The fourth-order valence-electron chi connectivity index (χ4n) is 3.17. The van der Waals surface area contributed by atoms with Gasteiger partial charge in [0.05, 0.1) is 5.69 Å². The van der Waals surface area contributed by atoms with Crippen LogP contribution in [0, 0.1) is 0 Å². The first-order chi connectivity index (χ1) is 12.6. The Morgan fingerprint density at radius 3 is 2.69 bits per heavy atom. The van der Waals surface area contributed by atoms with Gasteiger partial charge in [-0.2, -0.15) is 10.2 Å². The molecule has 0 saturated heterocycles. The smallest absolute Gasteiger partial charge is 0.159 e. The summed E-state index contributed by atoms with van der Waals surface area (Å²) >= 11 is 12.4. The predicted molar refractivity (Wildman–Crippen MR) is 101 cm³/mol. The van der Waals surface area contributed by atoms with Crippen LogP contribution in [0.15, 0.2) is 42.7 Å². The third-order valence-electron chi connectivity index (χ3n) is 4.30. The lowest BCUT2D eigenvalue weighted by atomic mass is 10.0. The standard InChI is InChI=1S/C18H15Cl2N5O/c1-25-16(17(26-2)18-21-9-22-23-18)13-5-3-4-12(15(13)24-25)11-7-6-10(19)8-14(11)20/h3-9,17H,1-2H3,(H,21,22,23). The maximum Gasteiger partial charge on any atom is 0.159 e. The minimum Gasteiger partial charge on any atom is -0.367 e. The summed E-state index contributed by atoms with van der Waals surface area (Å²) in [6.07, 6.45) is 1.04. The highest BCUT2D eigenvalue weighted by molar-refractivity contribution is 6.36. The lowest BCUT2D eigenvalue weighted by molar-refractivity contribution is 0.123. The van der Waals surface area contributed by atoms with Gasteiger partial charge in [0.25, 0.3) is 0 Å². The summed E-state index contributed by atoms with van der Waals surface area (Å²) in [6.45, 7) is 0. The van der Waals surface area contributed by atoms with Crippen LogP contribution < -0.4 is 0 Å². The normalized spacial score (nSPS) is 12.6. The Bertz CT molecular complexity index is 1070. The Hall–Kier alpha value is -2.41. The number of nitrogens with one attached hydrogen (secondary N) is 1.